The Morgan fingerprint density at radius 1 is 1.40 bits per heavy atom. The van der Waals surface area contributed by atoms with Gasteiger partial charge in [0.2, 0.25) is 0 Å². The van der Waals surface area contributed by atoms with Gasteiger partial charge in [0.1, 0.15) is 12.2 Å². The number of rotatable bonds is 5. The van der Waals surface area contributed by atoms with Crippen LogP contribution in [0.5, 0.6) is 0 Å². The van der Waals surface area contributed by atoms with Crippen molar-refractivity contribution >= 4 is 5.91 Å². The van der Waals surface area contributed by atoms with E-state index in [1.165, 1.54) is 6.33 Å². The standard InChI is InChI=1S/C14H19N5O/c1-4-5-12-11(7-15-8-17-12)14(20)19-10(3)13-16-6-9(2)18-13/h6-8,10H,4-5H2,1-3H3,(H,16,18)(H,19,20)/t10-/m1/s1. The summed E-state index contributed by atoms with van der Waals surface area (Å²) in [5.74, 6) is 0.570. The molecule has 2 aromatic heterocycles. The van der Waals surface area contributed by atoms with Crippen molar-refractivity contribution in [1.29, 1.82) is 0 Å². The lowest BCUT2D eigenvalue weighted by Gasteiger charge is -2.13. The number of carbonyl (C=O) groups is 1. The van der Waals surface area contributed by atoms with Crippen molar-refractivity contribution in [3.8, 4) is 0 Å². The van der Waals surface area contributed by atoms with Gasteiger partial charge in [-0.1, -0.05) is 13.3 Å². The lowest BCUT2D eigenvalue weighted by Crippen LogP contribution is -2.28. The van der Waals surface area contributed by atoms with Crippen LogP contribution >= 0.6 is 0 Å². The fourth-order valence-electron chi connectivity index (χ4n) is 1.98. The van der Waals surface area contributed by atoms with Crippen LogP contribution in [-0.4, -0.2) is 25.8 Å². The highest BCUT2D eigenvalue weighted by Crippen LogP contribution is 2.11. The minimum atomic E-state index is -0.189. The van der Waals surface area contributed by atoms with Gasteiger partial charge in [0.05, 0.1) is 17.3 Å². The third-order valence-corrected chi connectivity index (χ3v) is 3.01. The highest BCUT2D eigenvalue weighted by Gasteiger charge is 2.17. The van der Waals surface area contributed by atoms with Crippen LogP contribution < -0.4 is 5.32 Å². The zero-order valence-electron chi connectivity index (χ0n) is 12.0. The predicted octanol–water partition coefficient (Wildman–Crippen LogP) is 1.95. The third kappa shape index (κ3) is 3.20. The lowest BCUT2D eigenvalue weighted by atomic mass is 10.1. The molecule has 6 nitrogen and oxygen atoms in total. The molecule has 1 amide bonds. The fourth-order valence-corrected chi connectivity index (χ4v) is 1.98. The van der Waals surface area contributed by atoms with E-state index in [1.54, 1.807) is 12.4 Å². The number of amides is 1. The Kier molecular flexibility index (Phi) is 4.45. The van der Waals surface area contributed by atoms with Crippen molar-refractivity contribution in [2.45, 2.75) is 39.7 Å². The molecule has 0 radical (unpaired) electrons. The number of imidazole rings is 1. The first kappa shape index (κ1) is 14.2. The van der Waals surface area contributed by atoms with E-state index < -0.39 is 0 Å². The molecule has 0 bridgehead atoms. The Morgan fingerprint density at radius 2 is 2.20 bits per heavy atom. The van der Waals surface area contributed by atoms with Gasteiger partial charge in [-0.25, -0.2) is 15.0 Å². The highest BCUT2D eigenvalue weighted by atomic mass is 16.1. The molecule has 0 unspecified atom stereocenters. The molecular formula is C14H19N5O. The summed E-state index contributed by atoms with van der Waals surface area (Å²) in [6, 6.07) is -0.189. The summed E-state index contributed by atoms with van der Waals surface area (Å²) >= 11 is 0. The molecule has 20 heavy (non-hydrogen) atoms. The molecule has 2 N–H and O–H groups in total. The Balaban J connectivity index is 2.12. The van der Waals surface area contributed by atoms with Crippen molar-refractivity contribution < 1.29 is 4.79 Å². The molecule has 2 heterocycles. The van der Waals surface area contributed by atoms with Gasteiger partial charge >= 0.3 is 0 Å². The number of H-pyrrole nitrogens is 1. The number of aromatic amines is 1. The topological polar surface area (TPSA) is 83.6 Å². The molecule has 0 aliphatic heterocycles. The van der Waals surface area contributed by atoms with E-state index in [9.17, 15) is 4.79 Å². The minimum absolute atomic E-state index is 0.171. The van der Waals surface area contributed by atoms with Crippen LogP contribution in [0.25, 0.3) is 0 Å². The summed E-state index contributed by atoms with van der Waals surface area (Å²) in [5, 5.41) is 2.91. The fraction of sp³-hybridized carbons (Fsp3) is 0.429. The first-order valence-corrected chi connectivity index (χ1v) is 6.73. The van der Waals surface area contributed by atoms with Crippen LogP contribution in [-0.2, 0) is 6.42 Å². The Hall–Kier alpha value is -2.24. The molecule has 0 spiro atoms. The Labute approximate surface area is 118 Å². The predicted molar refractivity (Wildman–Crippen MR) is 75.2 cm³/mol. The van der Waals surface area contributed by atoms with E-state index in [2.05, 4.69) is 32.2 Å². The normalized spacial score (nSPS) is 12.2. The second-order valence-electron chi connectivity index (χ2n) is 4.78. The molecule has 0 fully saturated rings. The maximum atomic E-state index is 12.3. The molecule has 0 saturated carbocycles. The van der Waals surface area contributed by atoms with Gasteiger partial charge in [-0.15, -0.1) is 0 Å². The van der Waals surface area contributed by atoms with Gasteiger partial charge in [0.15, 0.2) is 0 Å². The zero-order chi connectivity index (χ0) is 14.5. The largest absolute Gasteiger partial charge is 0.344 e. The van der Waals surface area contributed by atoms with Crippen LogP contribution in [0.3, 0.4) is 0 Å². The SMILES string of the molecule is CCCc1ncncc1C(=O)N[C@H](C)c1ncc(C)[nH]1. The maximum absolute atomic E-state index is 12.3. The van der Waals surface area contributed by atoms with E-state index >= 15 is 0 Å². The van der Waals surface area contributed by atoms with Crippen LogP contribution in [0.2, 0.25) is 0 Å². The summed E-state index contributed by atoms with van der Waals surface area (Å²) < 4.78 is 0. The number of nitrogens with zero attached hydrogens (tertiary/aromatic N) is 3. The number of aryl methyl sites for hydroxylation is 2. The number of nitrogens with one attached hydrogen (secondary N) is 2. The monoisotopic (exact) mass is 273 g/mol. The van der Waals surface area contributed by atoms with E-state index in [0.29, 0.717) is 5.56 Å². The quantitative estimate of drug-likeness (QED) is 0.872. The van der Waals surface area contributed by atoms with Crippen molar-refractivity contribution in [3.63, 3.8) is 0 Å². The summed E-state index contributed by atoms with van der Waals surface area (Å²) in [5.41, 5.74) is 2.28. The van der Waals surface area contributed by atoms with Crippen LogP contribution in [0, 0.1) is 6.92 Å². The average Bonchev–Trinajstić information content (AvgIpc) is 2.86. The van der Waals surface area contributed by atoms with Gasteiger partial charge in [0, 0.05) is 18.1 Å². The molecule has 2 aromatic rings. The molecule has 1 atom stereocenters. The molecule has 0 aliphatic carbocycles. The van der Waals surface area contributed by atoms with E-state index in [1.807, 2.05) is 13.8 Å². The van der Waals surface area contributed by atoms with Crippen LogP contribution in [0.1, 0.15) is 53.9 Å². The van der Waals surface area contributed by atoms with Crippen LogP contribution in [0.4, 0.5) is 0 Å². The van der Waals surface area contributed by atoms with Gasteiger partial charge in [-0.3, -0.25) is 4.79 Å². The molecular weight excluding hydrogens is 254 g/mol. The Bertz CT molecular complexity index is 593. The molecule has 0 saturated heterocycles. The first-order valence-electron chi connectivity index (χ1n) is 6.73. The number of hydrogen-bond acceptors (Lipinski definition) is 4. The zero-order valence-corrected chi connectivity index (χ0v) is 12.0. The van der Waals surface area contributed by atoms with E-state index in [-0.39, 0.29) is 11.9 Å². The van der Waals surface area contributed by atoms with Crippen molar-refractivity contribution in [2.75, 3.05) is 0 Å². The molecule has 0 aromatic carbocycles. The average molecular weight is 273 g/mol. The molecule has 2 rings (SSSR count). The van der Waals surface area contributed by atoms with Gasteiger partial charge in [0.25, 0.3) is 5.91 Å². The first-order chi connectivity index (χ1) is 9.61. The molecule has 0 aliphatic rings. The number of carbonyl (C=O) groups excluding carboxylic acids is 1. The third-order valence-electron chi connectivity index (χ3n) is 3.01. The summed E-state index contributed by atoms with van der Waals surface area (Å²) in [4.78, 5) is 27.7. The molecule has 6 heteroatoms. The van der Waals surface area contributed by atoms with Crippen LogP contribution in [0.15, 0.2) is 18.7 Å². The highest BCUT2D eigenvalue weighted by molar-refractivity contribution is 5.95. The Morgan fingerprint density at radius 3 is 2.85 bits per heavy atom. The van der Waals surface area contributed by atoms with Crippen molar-refractivity contribution in [2.24, 2.45) is 0 Å². The van der Waals surface area contributed by atoms with Gasteiger partial charge in [-0.2, -0.15) is 0 Å². The van der Waals surface area contributed by atoms with Gasteiger partial charge in [-0.05, 0) is 20.3 Å². The smallest absolute Gasteiger partial charge is 0.255 e. The number of hydrogen-bond donors (Lipinski definition) is 2. The van der Waals surface area contributed by atoms with Crippen molar-refractivity contribution in [3.05, 3.63) is 41.5 Å². The summed E-state index contributed by atoms with van der Waals surface area (Å²) in [7, 11) is 0. The minimum Gasteiger partial charge on any atom is -0.344 e. The summed E-state index contributed by atoms with van der Waals surface area (Å²) in [6.07, 6.45) is 6.48. The number of aromatic nitrogens is 4. The second kappa shape index (κ2) is 6.27. The van der Waals surface area contributed by atoms with Gasteiger partial charge < -0.3 is 10.3 Å². The summed E-state index contributed by atoms with van der Waals surface area (Å²) in [6.45, 7) is 5.87. The van der Waals surface area contributed by atoms with Crippen molar-refractivity contribution in [1.82, 2.24) is 25.3 Å². The maximum Gasteiger partial charge on any atom is 0.255 e. The van der Waals surface area contributed by atoms with E-state index in [0.717, 1.165) is 30.1 Å². The second-order valence-corrected chi connectivity index (χ2v) is 4.78. The molecule has 106 valence electrons. The lowest BCUT2D eigenvalue weighted by molar-refractivity contribution is 0.0936. The van der Waals surface area contributed by atoms with E-state index in [4.69, 9.17) is 0 Å².